The molecular weight excluding hydrogens is 250 g/mol. The summed E-state index contributed by atoms with van der Waals surface area (Å²) in [5.74, 6) is -1.16. The molecule has 1 aromatic heterocycles. The van der Waals surface area contributed by atoms with E-state index in [1.54, 1.807) is 19.9 Å². The summed E-state index contributed by atoms with van der Waals surface area (Å²) in [5.41, 5.74) is 1.40. The van der Waals surface area contributed by atoms with Crippen LogP contribution in [0.3, 0.4) is 0 Å². The van der Waals surface area contributed by atoms with Gasteiger partial charge in [0.05, 0.1) is 21.9 Å². The number of carboxylic acids is 1. The predicted octanol–water partition coefficient (Wildman–Crippen LogP) is 2.10. The maximum Gasteiger partial charge on any atom is 0.337 e. The summed E-state index contributed by atoms with van der Waals surface area (Å²) in [6.45, 7) is 3.52. The monoisotopic (exact) mass is 261 g/mol. The van der Waals surface area contributed by atoms with Gasteiger partial charge in [0.15, 0.2) is 0 Å². The summed E-state index contributed by atoms with van der Waals surface area (Å²) in [7, 11) is 0. The van der Waals surface area contributed by atoms with Gasteiger partial charge < -0.3 is 5.11 Å². The number of non-ortho nitro benzene ring substituents is 1. The normalized spacial score (nSPS) is 10.4. The van der Waals surface area contributed by atoms with Gasteiger partial charge in [0.1, 0.15) is 0 Å². The lowest BCUT2D eigenvalue weighted by Gasteiger charge is -2.08. The van der Waals surface area contributed by atoms with E-state index in [2.05, 4.69) is 5.10 Å². The number of nitro benzene ring substituents is 1. The highest BCUT2D eigenvalue weighted by atomic mass is 16.6. The highest BCUT2D eigenvalue weighted by Gasteiger charge is 2.18. The van der Waals surface area contributed by atoms with E-state index in [1.165, 1.54) is 22.9 Å². The molecule has 0 saturated heterocycles. The standard InChI is InChI=1S/C12H11N3O4/c1-7-5-8(2)14(13-7)11-6-9(15(18)19)3-4-10(11)12(16)17/h3-6H,1-2H3,(H,16,17). The van der Waals surface area contributed by atoms with Crippen molar-refractivity contribution in [3.8, 4) is 5.69 Å². The summed E-state index contributed by atoms with van der Waals surface area (Å²) in [6, 6.07) is 5.36. The molecule has 0 aliphatic rings. The van der Waals surface area contributed by atoms with Crippen molar-refractivity contribution in [3.63, 3.8) is 0 Å². The third kappa shape index (κ3) is 2.30. The zero-order chi connectivity index (χ0) is 14.2. The van der Waals surface area contributed by atoms with E-state index < -0.39 is 10.9 Å². The zero-order valence-corrected chi connectivity index (χ0v) is 10.3. The highest BCUT2D eigenvalue weighted by molar-refractivity contribution is 5.92. The van der Waals surface area contributed by atoms with Crippen LogP contribution >= 0.6 is 0 Å². The van der Waals surface area contributed by atoms with Crippen LogP contribution in [-0.2, 0) is 0 Å². The second-order valence-corrected chi connectivity index (χ2v) is 4.10. The smallest absolute Gasteiger partial charge is 0.337 e. The number of aromatic nitrogens is 2. The first kappa shape index (κ1) is 12.7. The molecule has 2 aromatic rings. The van der Waals surface area contributed by atoms with Gasteiger partial charge in [0.25, 0.3) is 5.69 Å². The Bertz CT molecular complexity index is 676. The first-order chi connectivity index (χ1) is 8.90. The van der Waals surface area contributed by atoms with Gasteiger partial charge in [-0.05, 0) is 26.0 Å². The number of hydrogen-bond acceptors (Lipinski definition) is 4. The Hall–Kier alpha value is -2.70. The number of rotatable bonds is 3. The number of aromatic carboxylic acids is 1. The van der Waals surface area contributed by atoms with Crippen LogP contribution in [0.25, 0.3) is 5.69 Å². The lowest BCUT2D eigenvalue weighted by Crippen LogP contribution is -2.08. The Labute approximate surface area is 108 Å². The minimum absolute atomic E-state index is 0.0307. The molecule has 1 N–H and O–H groups in total. The van der Waals surface area contributed by atoms with Crippen molar-refractivity contribution in [3.05, 3.63) is 51.3 Å². The van der Waals surface area contributed by atoms with E-state index in [0.29, 0.717) is 11.4 Å². The Morgan fingerprint density at radius 1 is 1.37 bits per heavy atom. The molecule has 1 heterocycles. The fraction of sp³-hybridized carbons (Fsp3) is 0.167. The Kier molecular flexibility index (Phi) is 3.04. The molecule has 19 heavy (non-hydrogen) atoms. The van der Waals surface area contributed by atoms with Gasteiger partial charge in [-0.3, -0.25) is 10.1 Å². The lowest BCUT2D eigenvalue weighted by atomic mass is 10.1. The molecule has 0 spiro atoms. The maximum absolute atomic E-state index is 11.2. The van der Waals surface area contributed by atoms with Crippen LogP contribution in [-0.4, -0.2) is 25.8 Å². The quantitative estimate of drug-likeness (QED) is 0.673. The van der Waals surface area contributed by atoms with E-state index in [1.807, 2.05) is 0 Å². The Morgan fingerprint density at radius 3 is 2.53 bits per heavy atom. The van der Waals surface area contributed by atoms with Crippen LogP contribution in [0.2, 0.25) is 0 Å². The number of benzene rings is 1. The first-order valence-electron chi connectivity index (χ1n) is 5.45. The first-order valence-corrected chi connectivity index (χ1v) is 5.45. The third-order valence-electron chi connectivity index (χ3n) is 2.66. The SMILES string of the molecule is Cc1cc(C)n(-c2cc([N+](=O)[O-])ccc2C(=O)O)n1. The fourth-order valence-corrected chi connectivity index (χ4v) is 1.86. The van der Waals surface area contributed by atoms with Crippen LogP contribution in [0.5, 0.6) is 0 Å². The van der Waals surface area contributed by atoms with Crippen molar-refractivity contribution in [1.82, 2.24) is 9.78 Å². The van der Waals surface area contributed by atoms with Crippen LogP contribution in [0.1, 0.15) is 21.7 Å². The molecule has 0 saturated carbocycles. The van der Waals surface area contributed by atoms with Gasteiger partial charge in [0, 0.05) is 17.8 Å². The Balaban J connectivity index is 2.71. The largest absolute Gasteiger partial charge is 0.478 e. The summed E-state index contributed by atoms with van der Waals surface area (Å²) in [6.07, 6.45) is 0. The number of aryl methyl sites for hydroxylation is 2. The second kappa shape index (κ2) is 4.52. The van der Waals surface area contributed by atoms with E-state index in [9.17, 15) is 14.9 Å². The molecule has 0 amide bonds. The number of nitrogens with zero attached hydrogens (tertiary/aromatic N) is 3. The van der Waals surface area contributed by atoms with Gasteiger partial charge in [-0.2, -0.15) is 5.10 Å². The summed E-state index contributed by atoms with van der Waals surface area (Å²) >= 11 is 0. The molecule has 2 rings (SSSR count). The molecule has 0 bridgehead atoms. The lowest BCUT2D eigenvalue weighted by molar-refractivity contribution is -0.384. The van der Waals surface area contributed by atoms with Crippen LogP contribution in [0.15, 0.2) is 24.3 Å². The minimum atomic E-state index is -1.16. The maximum atomic E-state index is 11.2. The van der Waals surface area contributed by atoms with Gasteiger partial charge in [-0.1, -0.05) is 0 Å². The summed E-state index contributed by atoms with van der Waals surface area (Å²) < 4.78 is 1.39. The number of carbonyl (C=O) groups is 1. The van der Waals surface area contributed by atoms with Crippen molar-refractivity contribution in [2.24, 2.45) is 0 Å². The number of nitro groups is 1. The molecule has 0 atom stereocenters. The van der Waals surface area contributed by atoms with E-state index in [4.69, 9.17) is 5.11 Å². The van der Waals surface area contributed by atoms with Gasteiger partial charge >= 0.3 is 5.97 Å². The topological polar surface area (TPSA) is 98.3 Å². The number of hydrogen-bond donors (Lipinski definition) is 1. The van der Waals surface area contributed by atoms with E-state index in [0.717, 1.165) is 0 Å². The van der Waals surface area contributed by atoms with Crippen molar-refractivity contribution in [2.45, 2.75) is 13.8 Å². The van der Waals surface area contributed by atoms with Gasteiger partial charge in [0.2, 0.25) is 0 Å². The highest BCUT2D eigenvalue weighted by Crippen LogP contribution is 2.23. The molecule has 7 heteroatoms. The van der Waals surface area contributed by atoms with Crippen molar-refractivity contribution in [1.29, 1.82) is 0 Å². The third-order valence-corrected chi connectivity index (χ3v) is 2.66. The second-order valence-electron chi connectivity index (χ2n) is 4.10. The number of carboxylic acid groups (broad SMARTS) is 1. The van der Waals surface area contributed by atoms with Crippen LogP contribution < -0.4 is 0 Å². The molecule has 0 aliphatic heterocycles. The van der Waals surface area contributed by atoms with Gasteiger partial charge in [-0.25, -0.2) is 9.48 Å². The van der Waals surface area contributed by atoms with Crippen molar-refractivity contribution in [2.75, 3.05) is 0 Å². The zero-order valence-electron chi connectivity index (χ0n) is 10.3. The minimum Gasteiger partial charge on any atom is -0.478 e. The molecule has 0 radical (unpaired) electrons. The molecule has 7 nitrogen and oxygen atoms in total. The molecule has 0 fully saturated rings. The van der Waals surface area contributed by atoms with E-state index >= 15 is 0 Å². The molecule has 1 aromatic carbocycles. The van der Waals surface area contributed by atoms with Crippen LogP contribution in [0, 0.1) is 24.0 Å². The van der Waals surface area contributed by atoms with E-state index in [-0.39, 0.29) is 16.9 Å². The average Bonchev–Trinajstić information content (AvgIpc) is 2.67. The Morgan fingerprint density at radius 2 is 2.05 bits per heavy atom. The van der Waals surface area contributed by atoms with Crippen LogP contribution in [0.4, 0.5) is 5.69 Å². The molecular formula is C12H11N3O4. The van der Waals surface area contributed by atoms with Crippen molar-refractivity contribution >= 4 is 11.7 Å². The molecule has 0 unspecified atom stereocenters. The average molecular weight is 261 g/mol. The summed E-state index contributed by atoms with van der Waals surface area (Å²) in [5, 5.41) is 24.1. The molecule has 98 valence electrons. The van der Waals surface area contributed by atoms with Gasteiger partial charge in [-0.15, -0.1) is 0 Å². The summed E-state index contributed by atoms with van der Waals surface area (Å²) in [4.78, 5) is 21.4. The predicted molar refractivity (Wildman–Crippen MR) is 66.7 cm³/mol. The van der Waals surface area contributed by atoms with Crippen molar-refractivity contribution < 1.29 is 14.8 Å². The fourth-order valence-electron chi connectivity index (χ4n) is 1.86. The molecule has 0 aliphatic carbocycles.